The smallest absolute Gasteiger partial charge is 0.271 e. The van der Waals surface area contributed by atoms with E-state index in [9.17, 15) is 10.1 Å². The summed E-state index contributed by atoms with van der Waals surface area (Å²) in [7, 11) is 1.60. The Morgan fingerprint density at radius 1 is 1.21 bits per heavy atom. The van der Waals surface area contributed by atoms with E-state index in [1.807, 2.05) is 24.3 Å². The Hall–Kier alpha value is -2.69. The molecule has 0 saturated heterocycles. The molecule has 19 heavy (non-hydrogen) atoms. The normalized spacial score (nSPS) is 10.6. The maximum Gasteiger partial charge on any atom is 0.271 e. The molecule has 2 aromatic carbocycles. The number of hydrogen-bond donors (Lipinski definition) is 0. The summed E-state index contributed by atoms with van der Waals surface area (Å²) in [5.74, 6) is 0.771. The van der Waals surface area contributed by atoms with Crippen LogP contribution in [0.25, 0.3) is 0 Å². The molecule has 0 heterocycles. The number of rotatable bonds is 4. The van der Waals surface area contributed by atoms with Gasteiger partial charge in [0, 0.05) is 18.3 Å². The molecule has 0 fully saturated rings. The number of non-ortho nitro benzene ring substituents is 1. The van der Waals surface area contributed by atoms with Gasteiger partial charge in [0.25, 0.3) is 5.69 Å². The van der Waals surface area contributed by atoms with Crippen molar-refractivity contribution in [1.82, 2.24) is 0 Å². The second-order valence-electron chi connectivity index (χ2n) is 3.81. The molecule has 0 aliphatic heterocycles. The number of nitro groups is 1. The van der Waals surface area contributed by atoms with Crippen LogP contribution in [-0.2, 0) is 0 Å². The highest BCUT2D eigenvalue weighted by atomic mass is 16.6. The van der Waals surface area contributed by atoms with Gasteiger partial charge in [-0.25, -0.2) is 0 Å². The Labute approximate surface area is 110 Å². The van der Waals surface area contributed by atoms with Crippen LogP contribution in [0.4, 0.5) is 11.4 Å². The van der Waals surface area contributed by atoms with Crippen LogP contribution in [-0.4, -0.2) is 18.2 Å². The molecule has 0 aliphatic carbocycles. The summed E-state index contributed by atoms with van der Waals surface area (Å²) in [6.45, 7) is 0. The molecule has 2 rings (SSSR count). The van der Waals surface area contributed by atoms with E-state index < -0.39 is 4.92 Å². The van der Waals surface area contributed by atoms with Gasteiger partial charge in [-0.1, -0.05) is 6.07 Å². The van der Waals surface area contributed by atoms with Crippen LogP contribution in [0.3, 0.4) is 0 Å². The second-order valence-corrected chi connectivity index (χ2v) is 3.81. The molecule has 0 atom stereocenters. The fraction of sp³-hybridized carbons (Fsp3) is 0.0714. The van der Waals surface area contributed by atoms with E-state index in [-0.39, 0.29) is 5.69 Å². The maximum absolute atomic E-state index is 10.6. The number of methoxy groups -OCH3 is 1. The van der Waals surface area contributed by atoms with Crippen molar-refractivity contribution in [1.29, 1.82) is 0 Å². The van der Waals surface area contributed by atoms with Crippen molar-refractivity contribution >= 4 is 17.6 Å². The fourth-order valence-corrected chi connectivity index (χ4v) is 1.53. The first-order valence-electron chi connectivity index (χ1n) is 5.61. The van der Waals surface area contributed by atoms with Crippen LogP contribution in [0.15, 0.2) is 53.5 Å². The lowest BCUT2D eigenvalue weighted by atomic mass is 10.2. The van der Waals surface area contributed by atoms with Gasteiger partial charge in [0.2, 0.25) is 0 Å². The molecule has 0 spiro atoms. The van der Waals surface area contributed by atoms with Gasteiger partial charge in [0.15, 0.2) is 0 Å². The van der Waals surface area contributed by atoms with Crippen molar-refractivity contribution in [3.63, 3.8) is 0 Å². The zero-order valence-corrected chi connectivity index (χ0v) is 10.3. The lowest BCUT2D eigenvalue weighted by Crippen LogP contribution is -1.86. The summed E-state index contributed by atoms with van der Waals surface area (Å²) in [5.41, 5.74) is 1.47. The van der Waals surface area contributed by atoms with Crippen molar-refractivity contribution in [2.24, 2.45) is 4.99 Å². The summed E-state index contributed by atoms with van der Waals surface area (Å²) in [6, 6.07) is 13.6. The van der Waals surface area contributed by atoms with Gasteiger partial charge in [-0.2, -0.15) is 0 Å². The zero-order valence-electron chi connectivity index (χ0n) is 10.3. The molecule has 0 unspecified atom stereocenters. The van der Waals surface area contributed by atoms with Gasteiger partial charge in [0.05, 0.1) is 17.7 Å². The molecule has 0 bridgehead atoms. The average Bonchev–Trinajstić information content (AvgIpc) is 2.46. The van der Waals surface area contributed by atoms with Crippen molar-refractivity contribution in [2.75, 3.05) is 7.11 Å². The largest absolute Gasteiger partial charge is 0.497 e. The Balaban J connectivity index is 2.17. The van der Waals surface area contributed by atoms with Crippen molar-refractivity contribution in [3.05, 3.63) is 64.2 Å². The zero-order chi connectivity index (χ0) is 13.7. The minimum Gasteiger partial charge on any atom is -0.497 e. The van der Waals surface area contributed by atoms with E-state index in [4.69, 9.17) is 4.74 Å². The predicted octanol–water partition coefficient (Wildman–Crippen LogP) is 3.35. The number of nitrogens with zero attached hydrogens (tertiary/aromatic N) is 2. The lowest BCUT2D eigenvalue weighted by Gasteiger charge is -1.99. The molecule has 0 aliphatic rings. The maximum atomic E-state index is 10.6. The Morgan fingerprint density at radius 2 is 1.95 bits per heavy atom. The molecule has 2 aromatic rings. The van der Waals surface area contributed by atoms with Gasteiger partial charge < -0.3 is 4.74 Å². The fourth-order valence-electron chi connectivity index (χ4n) is 1.53. The molecule has 0 amide bonds. The van der Waals surface area contributed by atoms with Gasteiger partial charge in [-0.3, -0.25) is 15.1 Å². The minimum atomic E-state index is -0.438. The molecule has 0 aromatic heterocycles. The van der Waals surface area contributed by atoms with Crippen LogP contribution in [0.2, 0.25) is 0 Å². The second kappa shape index (κ2) is 5.77. The average molecular weight is 256 g/mol. The lowest BCUT2D eigenvalue weighted by molar-refractivity contribution is -0.384. The third-order valence-corrected chi connectivity index (χ3v) is 2.52. The van der Waals surface area contributed by atoms with Crippen molar-refractivity contribution < 1.29 is 9.66 Å². The molecule has 96 valence electrons. The number of ether oxygens (including phenoxy) is 1. The number of hydrogen-bond acceptors (Lipinski definition) is 4. The van der Waals surface area contributed by atoms with E-state index in [1.54, 1.807) is 25.5 Å². The predicted molar refractivity (Wildman–Crippen MR) is 73.3 cm³/mol. The van der Waals surface area contributed by atoms with Gasteiger partial charge in [-0.05, 0) is 35.9 Å². The van der Waals surface area contributed by atoms with Gasteiger partial charge in [-0.15, -0.1) is 0 Å². The van der Waals surface area contributed by atoms with E-state index in [2.05, 4.69) is 4.99 Å². The van der Waals surface area contributed by atoms with Gasteiger partial charge in [0.1, 0.15) is 5.75 Å². The molecule has 0 N–H and O–H groups in total. The molecular formula is C14H12N2O3. The van der Waals surface area contributed by atoms with Crippen LogP contribution in [0.1, 0.15) is 5.56 Å². The number of aliphatic imine (C=N–C) groups is 1. The third kappa shape index (κ3) is 3.38. The minimum absolute atomic E-state index is 0.0318. The van der Waals surface area contributed by atoms with Crippen molar-refractivity contribution in [3.8, 4) is 5.75 Å². The molecular weight excluding hydrogens is 244 g/mol. The first-order chi connectivity index (χ1) is 9.19. The van der Waals surface area contributed by atoms with Crippen LogP contribution >= 0.6 is 0 Å². The molecule has 0 saturated carbocycles. The van der Waals surface area contributed by atoms with Crippen molar-refractivity contribution in [2.45, 2.75) is 0 Å². The monoisotopic (exact) mass is 256 g/mol. The summed E-state index contributed by atoms with van der Waals surface area (Å²) in [5, 5.41) is 10.6. The Bertz CT molecular complexity index is 606. The van der Waals surface area contributed by atoms with E-state index in [0.717, 1.165) is 11.3 Å². The topological polar surface area (TPSA) is 64.7 Å². The number of nitro benzene ring substituents is 1. The summed E-state index contributed by atoms with van der Waals surface area (Å²) >= 11 is 0. The summed E-state index contributed by atoms with van der Waals surface area (Å²) in [4.78, 5) is 14.4. The molecule has 0 radical (unpaired) electrons. The van der Waals surface area contributed by atoms with Gasteiger partial charge >= 0.3 is 0 Å². The summed E-state index contributed by atoms with van der Waals surface area (Å²) in [6.07, 6.45) is 1.65. The van der Waals surface area contributed by atoms with Crippen LogP contribution < -0.4 is 4.74 Å². The standard InChI is InChI=1S/C14H12N2O3/c1-19-14-7-5-11(6-8-14)10-15-12-3-2-4-13(9-12)16(17)18/h2-10H,1H3/b15-10+. The Kier molecular flexibility index (Phi) is 3.87. The highest BCUT2D eigenvalue weighted by Gasteiger charge is 2.04. The summed E-state index contributed by atoms with van der Waals surface area (Å²) < 4.78 is 5.05. The highest BCUT2D eigenvalue weighted by molar-refractivity contribution is 5.82. The van der Waals surface area contributed by atoms with E-state index >= 15 is 0 Å². The first-order valence-corrected chi connectivity index (χ1v) is 5.61. The SMILES string of the molecule is COc1ccc(/C=N/c2cccc([N+](=O)[O-])c2)cc1. The van der Waals surface area contributed by atoms with Crippen LogP contribution in [0, 0.1) is 10.1 Å². The van der Waals surface area contributed by atoms with E-state index in [1.165, 1.54) is 12.1 Å². The third-order valence-electron chi connectivity index (χ3n) is 2.52. The molecule has 5 nitrogen and oxygen atoms in total. The molecule has 5 heteroatoms. The number of benzene rings is 2. The first kappa shape index (κ1) is 12.8. The van der Waals surface area contributed by atoms with Crippen LogP contribution in [0.5, 0.6) is 5.75 Å². The Morgan fingerprint density at radius 3 is 2.58 bits per heavy atom. The highest BCUT2D eigenvalue weighted by Crippen LogP contribution is 2.19. The van der Waals surface area contributed by atoms with E-state index in [0.29, 0.717) is 5.69 Å². The quantitative estimate of drug-likeness (QED) is 0.478.